The van der Waals surface area contributed by atoms with Gasteiger partial charge in [0.25, 0.3) is 0 Å². The summed E-state index contributed by atoms with van der Waals surface area (Å²) in [5.74, 6) is 0. The second-order valence-corrected chi connectivity index (χ2v) is 14.1. The van der Waals surface area contributed by atoms with Crippen LogP contribution in [0.5, 0.6) is 0 Å². The second kappa shape index (κ2) is 10.00. The Morgan fingerprint density at radius 3 is 1.84 bits per heavy atom. The molecular formula is C48H28BNO. The van der Waals surface area contributed by atoms with E-state index in [1.807, 2.05) is 6.07 Å². The van der Waals surface area contributed by atoms with Gasteiger partial charge in [-0.3, -0.25) is 0 Å². The maximum Gasteiger partial charge on any atom is 0.248 e. The van der Waals surface area contributed by atoms with E-state index in [9.17, 15) is 0 Å². The highest BCUT2D eigenvalue weighted by molar-refractivity contribution is 7.01. The molecule has 0 saturated carbocycles. The Hall–Kier alpha value is -6.58. The zero-order chi connectivity index (χ0) is 33.2. The first-order valence-electron chi connectivity index (χ1n) is 17.7. The number of rotatable bonds is 2. The van der Waals surface area contributed by atoms with E-state index in [4.69, 9.17) is 4.42 Å². The first kappa shape index (κ1) is 27.3. The number of furan rings is 1. The number of fused-ring (bicyclic) bond motifs is 11. The molecule has 1 aromatic heterocycles. The van der Waals surface area contributed by atoms with E-state index in [0.717, 1.165) is 33.2 Å². The molecule has 0 amide bonds. The van der Waals surface area contributed by atoms with Crippen LogP contribution in [0.2, 0.25) is 0 Å². The van der Waals surface area contributed by atoms with Gasteiger partial charge in [0.05, 0.1) is 0 Å². The largest absolute Gasteiger partial charge is 0.456 e. The summed E-state index contributed by atoms with van der Waals surface area (Å²) in [6.07, 6.45) is 0. The van der Waals surface area contributed by atoms with Crippen molar-refractivity contribution in [3.8, 4) is 22.3 Å². The first-order chi connectivity index (χ1) is 25.2. The number of nitrogens with zero attached hydrogens (tertiary/aromatic N) is 1. The highest BCUT2D eigenvalue weighted by Crippen LogP contribution is 2.45. The van der Waals surface area contributed by atoms with Crippen molar-refractivity contribution in [1.29, 1.82) is 0 Å². The smallest absolute Gasteiger partial charge is 0.248 e. The molecule has 0 saturated heterocycles. The van der Waals surface area contributed by atoms with Crippen LogP contribution in [0.4, 0.5) is 17.1 Å². The first-order valence-corrected chi connectivity index (χ1v) is 17.7. The van der Waals surface area contributed by atoms with Crippen LogP contribution >= 0.6 is 0 Å². The average molecular weight is 646 g/mol. The van der Waals surface area contributed by atoms with Crippen LogP contribution in [0, 0.1) is 0 Å². The highest BCUT2D eigenvalue weighted by atomic mass is 16.3. The molecule has 3 heterocycles. The SMILES string of the molecule is c1ccc2cc(N3c4cc5ccccc5cc4B4c5cc6ccccc6cc5-c5cc(-c6ccc7c(c6)oc6ccccc67)cc3c54)ccc2c1. The van der Waals surface area contributed by atoms with Crippen LogP contribution in [0.25, 0.3) is 76.5 Å². The molecule has 51 heavy (non-hydrogen) atoms. The van der Waals surface area contributed by atoms with Crippen molar-refractivity contribution in [1.82, 2.24) is 0 Å². The molecule has 0 N–H and O–H groups in total. The number of benzene rings is 9. The molecule has 0 aliphatic carbocycles. The summed E-state index contributed by atoms with van der Waals surface area (Å²) in [5, 5.41) is 9.83. The summed E-state index contributed by atoms with van der Waals surface area (Å²) in [5.41, 5.74) is 14.5. The van der Waals surface area contributed by atoms with Crippen LogP contribution in [0.3, 0.4) is 0 Å². The van der Waals surface area contributed by atoms with E-state index in [2.05, 4.69) is 169 Å². The van der Waals surface area contributed by atoms with Gasteiger partial charge in [0.2, 0.25) is 6.71 Å². The molecule has 12 rings (SSSR count). The molecule has 3 heteroatoms. The standard InChI is InChI=1S/C48H28BNO/c1-2-10-30-21-37(19-17-29(30)9-1)50-44-26-34-14-6-5-13-33(34)25-43(44)49-42-24-32-12-4-3-11-31(32)22-40(42)41-23-36(27-45(50)48(41)49)35-18-20-39-38-15-7-8-16-46(38)51-47(39)28-35/h1-28H. The Kier molecular flexibility index (Phi) is 5.35. The summed E-state index contributed by atoms with van der Waals surface area (Å²) in [4.78, 5) is 2.53. The minimum Gasteiger partial charge on any atom is -0.456 e. The normalized spacial score (nSPS) is 13.0. The van der Waals surface area contributed by atoms with Gasteiger partial charge >= 0.3 is 0 Å². The fourth-order valence-electron chi connectivity index (χ4n) is 9.02. The Balaban J connectivity index is 1.19. The van der Waals surface area contributed by atoms with E-state index in [-0.39, 0.29) is 6.71 Å². The lowest BCUT2D eigenvalue weighted by molar-refractivity contribution is 0.669. The van der Waals surface area contributed by atoms with Crippen molar-refractivity contribution in [2.75, 3.05) is 4.90 Å². The lowest BCUT2D eigenvalue weighted by Gasteiger charge is -2.37. The minimum absolute atomic E-state index is 0.123. The second-order valence-electron chi connectivity index (χ2n) is 14.1. The van der Waals surface area contributed by atoms with E-state index in [1.165, 1.54) is 76.8 Å². The maximum absolute atomic E-state index is 6.40. The summed E-state index contributed by atoms with van der Waals surface area (Å²) >= 11 is 0. The third-order valence-electron chi connectivity index (χ3n) is 11.4. The molecule has 0 bridgehead atoms. The van der Waals surface area contributed by atoms with Crippen LogP contribution in [0.15, 0.2) is 174 Å². The molecule has 0 fully saturated rings. The van der Waals surface area contributed by atoms with Gasteiger partial charge in [-0.1, -0.05) is 121 Å². The Bertz CT molecular complexity index is 3120. The maximum atomic E-state index is 6.40. The van der Waals surface area contributed by atoms with Crippen molar-refractivity contribution >= 4 is 94.4 Å². The van der Waals surface area contributed by atoms with Gasteiger partial charge in [0.15, 0.2) is 0 Å². The molecule has 0 radical (unpaired) electrons. The highest BCUT2D eigenvalue weighted by Gasteiger charge is 2.43. The molecule has 0 unspecified atom stereocenters. The van der Waals surface area contributed by atoms with Gasteiger partial charge in [-0.15, -0.1) is 0 Å². The van der Waals surface area contributed by atoms with Crippen LogP contribution in [-0.2, 0) is 0 Å². The summed E-state index contributed by atoms with van der Waals surface area (Å²) in [6.45, 7) is 0.123. The molecule has 2 aliphatic heterocycles. The van der Waals surface area contributed by atoms with Crippen molar-refractivity contribution in [3.63, 3.8) is 0 Å². The van der Waals surface area contributed by atoms with Crippen LogP contribution in [0.1, 0.15) is 0 Å². The van der Waals surface area contributed by atoms with Crippen LogP contribution < -0.4 is 21.3 Å². The van der Waals surface area contributed by atoms with E-state index < -0.39 is 0 Å². The fourth-order valence-corrected chi connectivity index (χ4v) is 9.02. The van der Waals surface area contributed by atoms with Crippen molar-refractivity contribution in [2.24, 2.45) is 0 Å². The molecular weight excluding hydrogens is 617 g/mol. The lowest BCUT2D eigenvalue weighted by Crippen LogP contribution is -2.54. The summed E-state index contributed by atoms with van der Waals surface area (Å²) in [7, 11) is 0. The van der Waals surface area contributed by atoms with Gasteiger partial charge in [-0.25, -0.2) is 0 Å². The fraction of sp³-hybridized carbons (Fsp3) is 0. The number of hydrogen-bond acceptors (Lipinski definition) is 2. The summed E-state index contributed by atoms with van der Waals surface area (Å²) in [6, 6.07) is 62.8. The van der Waals surface area contributed by atoms with Gasteiger partial charge in [0, 0.05) is 27.8 Å². The third kappa shape index (κ3) is 3.83. The lowest BCUT2D eigenvalue weighted by atomic mass is 9.37. The summed E-state index contributed by atoms with van der Waals surface area (Å²) < 4.78 is 6.40. The Morgan fingerprint density at radius 1 is 0.392 bits per heavy atom. The number of hydrogen-bond donors (Lipinski definition) is 0. The van der Waals surface area contributed by atoms with Gasteiger partial charge in [-0.2, -0.15) is 0 Å². The Labute approximate surface area is 294 Å². The third-order valence-corrected chi connectivity index (χ3v) is 11.4. The van der Waals surface area contributed by atoms with Crippen molar-refractivity contribution < 1.29 is 4.42 Å². The Morgan fingerprint density at radius 2 is 1.04 bits per heavy atom. The quantitative estimate of drug-likeness (QED) is 0.174. The molecule has 0 spiro atoms. The molecule has 10 aromatic rings. The molecule has 9 aromatic carbocycles. The van der Waals surface area contributed by atoms with Gasteiger partial charge in [0.1, 0.15) is 11.2 Å². The average Bonchev–Trinajstić information content (AvgIpc) is 3.71. The zero-order valence-electron chi connectivity index (χ0n) is 27.6. The van der Waals surface area contributed by atoms with Crippen molar-refractivity contribution in [2.45, 2.75) is 0 Å². The molecule has 2 aliphatic rings. The van der Waals surface area contributed by atoms with E-state index in [0.29, 0.717) is 0 Å². The van der Waals surface area contributed by atoms with Gasteiger partial charge in [-0.05, 0) is 120 Å². The minimum atomic E-state index is 0.123. The van der Waals surface area contributed by atoms with E-state index >= 15 is 0 Å². The van der Waals surface area contributed by atoms with Gasteiger partial charge < -0.3 is 9.32 Å². The zero-order valence-corrected chi connectivity index (χ0v) is 27.6. The molecule has 0 atom stereocenters. The topological polar surface area (TPSA) is 16.4 Å². The molecule has 234 valence electrons. The van der Waals surface area contributed by atoms with E-state index in [1.54, 1.807) is 0 Å². The number of para-hydroxylation sites is 1. The van der Waals surface area contributed by atoms with Crippen molar-refractivity contribution in [3.05, 3.63) is 170 Å². The monoisotopic (exact) mass is 645 g/mol. The predicted octanol–water partition coefficient (Wildman–Crippen LogP) is 11.0. The number of anilines is 3. The predicted molar refractivity (Wildman–Crippen MR) is 216 cm³/mol. The van der Waals surface area contributed by atoms with Crippen LogP contribution in [-0.4, -0.2) is 6.71 Å². The molecule has 2 nitrogen and oxygen atoms in total.